The van der Waals surface area contributed by atoms with Gasteiger partial charge in [-0.05, 0) is 24.1 Å². The third-order valence-corrected chi connectivity index (χ3v) is 3.73. The summed E-state index contributed by atoms with van der Waals surface area (Å²) in [6.07, 6.45) is 0. The zero-order valence-corrected chi connectivity index (χ0v) is 13.1. The molecule has 0 aliphatic carbocycles. The Balaban J connectivity index is 1.67. The van der Waals surface area contributed by atoms with Crippen LogP contribution < -0.4 is 4.74 Å². The predicted octanol–water partition coefficient (Wildman–Crippen LogP) is 2.21. The lowest BCUT2D eigenvalue weighted by atomic mass is 10.2. The molecule has 4 nitrogen and oxygen atoms in total. The molecule has 0 N–H and O–H groups in total. The number of hydrogen-bond acceptors (Lipinski definition) is 4. The van der Waals surface area contributed by atoms with Crippen LogP contribution in [0, 0.1) is 17.2 Å². The van der Waals surface area contributed by atoms with Gasteiger partial charge in [0.25, 0.3) is 0 Å². The SMILES string of the molecule is CC(C)CN1CCN(CCOc2cccc(C#N)c2)CC1. The lowest BCUT2D eigenvalue weighted by Crippen LogP contribution is -2.48. The Kier molecular flexibility index (Phi) is 6.04. The summed E-state index contributed by atoms with van der Waals surface area (Å²) < 4.78 is 5.74. The van der Waals surface area contributed by atoms with E-state index in [-0.39, 0.29) is 0 Å². The van der Waals surface area contributed by atoms with Crippen LogP contribution in [0.3, 0.4) is 0 Å². The van der Waals surface area contributed by atoms with Crippen LogP contribution in [0.4, 0.5) is 0 Å². The highest BCUT2D eigenvalue weighted by Gasteiger charge is 2.16. The van der Waals surface area contributed by atoms with Gasteiger partial charge in [0.15, 0.2) is 0 Å². The highest BCUT2D eigenvalue weighted by Crippen LogP contribution is 2.12. The first kappa shape index (κ1) is 15.8. The van der Waals surface area contributed by atoms with Crippen molar-refractivity contribution in [2.24, 2.45) is 5.92 Å². The second-order valence-corrected chi connectivity index (χ2v) is 6.02. The summed E-state index contributed by atoms with van der Waals surface area (Å²) in [5.41, 5.74) is 0.648. The molecule has 1 saturated heterocycles. The third-order valence-electron chi connectivity index (χ3n) is 3.73. The fourth-order valence-electron chi connectivity index (χ4n) is 2.66. The molecule has 0 unspecified atom stereocenters. The van der Waals surface area contributed by atoms with E-state index >= 15 is 0 Å². The molecule has 1 aliphatic rings. The van der Waals surface area contributed by atoms with Crippen molar-refractivity contribution in [2.75, 3.05) is 45.9 Å². The highest BCUT2D eigenvalue weighted by molar-refractivity contribution is 5.36. The Morgan fingerprint density at radius 1 is 1.19 bits per heavy atom. The van der Waals surface area contributed by atoms with Gasteiger partial charge in [0.1, 0.15) is 12.4 Å². The molecule has 21 heavy (non-hydrogen) atoms. The van der Waals surface area contributed by atoms with Crippen molar-refractivity contribution in [3.63, 3.8) is 0 Å². The number of nitriles is 1. The third kappa shape index (κ3) is 5.37. The summed E-state index contributed by atoms with van der Waals surface area (Å²) in [6, 6.07) is 9.48. The number of piperazine rings is 1. The Hall–Kier alpha value is -1.57. The molecule has 1 aromatic carbocycles. The first-order chi connectivity index (χ1) is 10.2. The molecule has 0 aromatic heterocycles. The van der Waals surface area contributed by atoms with Crippen LogP contribution in [0.1, 0.15) is 19.4 Å². The minimum Gasteiger partial charge on any atom is -0.492 e. The van der Waals surface area contributed by atoms with Crippen molar-refractivity contribution in [3.05, 3.63) is 29.8 Å². The van der Waals surface area contributed by atoms with E-state index in [0.717, 1.165) is 44.4 Å². The van der Waals surface area contributed by atoms with E-state index in [9.17, 15) is 0 Å². The Bertz CT molecular complexity index is 473. The van der Waals surface area contributed by atoms with E-state index in [0.29, 0.717) is 12.2 Å². The van der Waals surface area contributed by atoms with E-state index in [1.807, 2.05) is 12.1 Å². The largest absolute Gasteiger partial charge is 0.492 e. The lowest BCUT2D eigenvalue weighted by Gasteiger charge is -2.35. The normalized spacial score (nSPS) is 16.9. The number of nitrogens with zero attached hydrogens (tertiary/aromatic N) is 3. The zero-order chi connectivity index (χ0) is 15.1. The van der Waals surface area contributed by atoms with Crippen LogP contribution in [-0.2, 0) is 0 Å². The monoisotopic (exact) mass is 287 g/mol. The summed E-state index contributed by atoms with van der Waals surface area (Å²) in [5, 5.41) is 8.86. The van der Waals surface area contributed by atoms with Crippen molar-refractivity contribution in [1.82, 2.24) is 9.80 Å². The zero-order valence-electron chi connectivity index (χ0n) is 13.1. The van der Waals surface area contributed by atoms with Crippen molar-refractivity contribution in [1.29, 1.82) is 5.26 Å². The predicted molar refractivity (Wildman–Crippen MR) is 84.4 cm³/mol. The molecular formula is C17H25N3O. The Labute approximate surface area is 127 Å². The summed E-state index contributed by atoms with van der Waals surface area (Å²) >= 11 is 0. The molecule has 0 saturated carbocycles. The summed E-state index contributed by atoms with van der Waals surface area (Å²) in [5.74, 6) is 1.53. The molecule has 0 radical (unpaired) electrons. The Morgan fingerprint density at radius 3 is 2.57 bits per heavy atom. The van der Waals surface area contributed by atoms with Gasteiger partial charge in [-0.3, -0.25) is 4.90 Å². The number of ether oxygens (including phenoxy) is 1. The van der Waals surface area contributed by atoms with E-state index in [1.54, 1.807) is 12.1 Å². The summed E-state index contributed by atoms with van der Waals surface area (Å²) in [6.45, 7) is 11.9. The second kappa shape index (κ2) is 8.02. The number of rotatable bonds is 6. The van der Waals surface area contributed by atoms with E-state index in [4.69, 9.17) is 10.00 Å². The van der Waals surface area contributed by atoms with Gasteiger partial charge in [0, 0.05) is 39.3 Å². The molecular weight excluding hydrogens is 262 g/mol. The van der Waals surface area contributed by atoms with Gasteiger partial charge < -0.3 is 9.64 Å². The Morgan fingerprint density at radius 2 is 1.90 bits per heavy atom. The number of benzene rings is 1. The summed E-state index contributed by atoms with van der Waals surface area (Å²) in [7, 11) is 0. The topological polar surface area (TPSA) is 39.5 Å². The van der Waals surface area contributed by atoms with Crippen molar-refractivity contribution < 1.29 is 4.74 Å². The minimum absolute atomic E-state index is 0.648. The molecule has 2 rings (SSSR count). The maximum Gasteiger partial charge on any atom is 0.120 e. The molecule has 0 spiro atoms. The first-order valence-electron chi connectivity index (χ1n) is 7.75. The average molecular weight is 287 g/mol. The van der Waals surface area contributed by atoms with Crippen LogP contribution in [0.15, 0.2) is 24.3 Å². The van der Waals surface area contributed by atoms with Crippen molar-refractivity contribution in [2.45, 2.75) is 13.8 Å². The lowest BCUT2D eigenvalue weighted by molar-refractivity contribution is 0.109. The molecule has 1 aliphatic heterocycles. The van der Waals surface area contributed by atoms with E-state index in [1.165, 1.54) is 6.54 Å². The fraction of sp³-hybridized carbons (Fsp3) is 0.588. The first-order valence-corrected chi connectivity index (χ1v) is 7.75. The van der Waals surface area contributed by atoms with Crippen LogP contribution in [0.25, 0.3) is 0 Å². The molecule has 1 heterocycles. The molecule has 0 bridgehead atoms. The molecule has 0 atom stereocenters. The van der Waals surface area contributed by atoms with Gasteiger partial charge in [-0.1, -0.05) is 19.9 Å². The smallest absolute Gasteiger partial charge is 0.120 e. The van der Waals surface area contributed by atoms with Gasteiger partial charge in [-0.2, -0.15) is 5.26 Å². The van der Waals surface area contributed by atoms with E-state index < -0.39 is 0 Å². The average Bonchev–Trinajstić information content (AvgIpc) is 2.49. The molecule has 0 amide bonds. The maximum absolute atomic E-state index is 8.86. The highest BCUT2D eigenvalue weighted by atomic mass is 16.5. The van der Waals surface area contributed by atoms with Crippen molar-refractivity contribution in [3.8, 4) is 11.8 Å². The molecule has 4 heteroatoms. The molecule has 1 aromatic rings. The van der Waals surface area contributed by atoms with Gasteiger partial charge >= 0.3 is 0 Å². The maximum atomic E-state index is 8.86. The van der Waals surface area contributed by atoms with Crippen LogP contribution in [0.2, 0.25) is 0 Å². The van der Waals surface area contributed by atoms with Gasteiger partial charge in [0.05, 0.1) is 11.6 Å². The molecule has 114 valence electrons. The van der Waals surface area contributed by atoms with Crippen LogP contribution in [-0.4, -0.2) is 55.7 Å². The van der Waals surface area contributed by atoms with E-state index in [2.05, 4.69) is 29.7 Å². The van der Waals surface area contributed by atoms with Crippen LogP contribution >= 0.6 is 0 Å². The number of hydrogen-bond donors (Lipinski definition) is 0. The standard InChI is InChI=1S/C17H25N3O/c1-15(2)14-20-8-6-19(7-9-20)10-11-21-17-5-3-4-16(12-17)13-18/h3-5,12,15H,6-11,14H2,1-2H3. The van der Waals surface area contributed by atoms with Crippen molar-refractivity contribution >= 4 is 0 Å². The fourth-order valence-corrected chi connectivity index (χ4v) is 2.66. The molecule has 1 fully saturated rings. The van der Waals surface area contributed by atoms with Gasteiger partial charge in [0.2, 0.25) is 0 Å². The minimum atomic E-state index is 0.648. The van der Waals surface area contributed by atoms with Gasteiger partial charge in [-0.15, -0.1) is 0 Å². The second-order valence-electron chi connectivity index (χ2n) is 6.02. The van der Waals surface area contributed by atoms with Crippen LogP contribution in [0.5, 0.6) is 5.75 Å². The summed E-state index contributed by atoms with van der Waals surface area (Å²) in [4.78, 5) is 4.99. The van der Waals surface area contributed by atoms with Gasteiger partial charge in [-0.25, -0.2) is 0 Å². The quantitative estimate of drug-likeness (QED) is 0.804.